The Hall–Kier alpha value is -1.73. The summed E-state index contributed by atoms with van der Waals surface area (Å²) in [5, 5.41) is 3.67. The molecule has 0 aliphatic carbocycles. The van der Waals surface area contributed by atoms with E-state index in [1.165, 1.54) is 7.11 Å². The van der Waals surface area contributed by atoms with Crippen molar-refractivity contribution in [2.45, 2.75) is 24.9 Å². The van der Waals surface area contributed by atoms with Gasteiger partial charge in [0.25, 0.3) is 0 Å². The smallest absolute Gasteiger partial charge is 0.225 e. The summed E-state index contributed by atoms with van der Waals surface area (Å²) >= 11 is 5.97. The van der Waals surface area contributed by atoms with E-state index in [1.807, 2.05) is 4.90 Å². The topological polar surface area (TPSA) is 50.3 Å². The van der Waals surface area contributed by atoms with E-state index in [9.17, 15) is 8.78 Å². The number of fused-ring (bicyclic) bond motifs is 3. The zero-order valence-corrected chi connectivity index (χ0v) is 13.2. The van der Waals surface area contributed by atoms with Crippen molar-refractivity contribution in [2.75, 3.05) is 25.1 Å². The Morgan fingerprint density at radius 3 is 2.57 bits per heavy atom. The molecule has 0 spiro atoms. The Balaban J connectivity index is 1.94. The van der Waals surface area contributed by atoms with Gasteiger partial charge >= 0.3 is 0 Å². The van der Waals surface area contributed by atoms with Gasteiger partial charge in [-0.25, -0.2) is 13.8 Å². The number of ether oxygens (including phenoxy) is 1. The maximum absolute atomic E-state index is 14.2. The van der Waals surface area contributed by atoms with E-state index < -0.39 is 11.6 Å². The van der Waals surface area contributed by atoms with Crippen LogP contribution in [0.15, 0.2) is 6.07 Å². The maximum Gasteiger partial charge on any atom is 0.225 e. The number of benzene rings is 1. The summed E-state index contributed by atoms with van der Waals surface area (Å²) in [4.78, 5) is 10.2. The highest BCUT2D eigenvalue weighted by molar-refractivity contribution is 6.29. The van der Waals surface area contributed by atoms with Crippen molar-refractivity contribution in [3.05, 3.63) is 23.0 Å². The van der Waals surface area contributed by atoms with E-state index in [2.05, 4.69) is 15.3 Å². The monoisotopic (exact) mass is 340 g/mol. The van der Waals surface area contributed by atoms with Gasteiger partial charge in [-0.3, -0.25) is 0 Å². The van der Waals surface area contributed by atoms with Crippen LogP contribution < -0.4 is 15.0 Å². The number of nitrogens with zero attached hydrogens (tertiary/aromatic N) is 3. The molecule has 2 saturated heterocycles. The predicted molar refractivity (Wildman–Crippen MR) is 83.2 cm³/mol. The number of nitrogens with one attached hydrogen (secondary N) is 1. The molecule has 2 bridgehead atoms. The number of anilines is 1. The van der Waals surface area contributed by atoms with E-state index in [0.717, 1.165) is 18.9 Å². The molecule has 2 atom stereocenters. The van der Waals surface area contributed by atoms with E-state index in [4.69, 9.17) is 16.3 Å². The second-order valence-electron chi connectivity index (χ2n) is 5.96. The van der Waals surface area contributed by atoms with Crippen molar-refractivity contribution in [3.63, 3.8) is 0 Å². The molecule has 2 aliphatic rings. The Bertz CT molecular complexity index is 776. The molecule has 1 aromatic heterocycles. The third kappa shape index (κ3) is 2.38. The number of piperazine rings is 1. The molecule has 122 valence electrons. The van der Waals surface area contributed by atoms with Gasteiger partial charge in [0.2, 0.25) is 5.28 Å². The van der Waals surface area contributed by atoms with Crippen LogP contribution in [-0.2, 0) is 0 Å². The number of methoxy groups -OCH3 is 1. The number of aromatic nitrogens is 2. The molecular weight excluding hydrogens is 326 g/mol. The van der Waals surface area contributed by atoms with Gasteiger partial charge < -0.3 is 15.0 Å². The van der Waals surface area contributed by atoms with Crippen molar-refractivity contribution in [1.29, 1.82) is 0 Å². The van der Waals surface area contributed by atoms with Crippen LogP contribution in [0.1, 0.15) is 12.8 Å². The summed E-state index contributed by atoms with van der Waals surface area (Å²) in [6, 6.07) is 1.46. The van der Waals surface area contributed by atoms with Crippen LogP contribution in [-0.4, -0.2) is 42.3 Å². The Morgan fingerprint density at radius 1 is 1.22 bits per heavy atom. The summed E-state index contributed by atoms with van der Waals surface area (Å²) in [5.41, 5.74) is -0.0240. The second-order valence-corrected chi connectivity index (χ2v) is 6.29. The van der Waals surface area contributed by atoms with Crippen LogP contribution in [0.5, 0.6) is 5.75 Å². The van der Waals surface area contributed by atoms with E-state index in [-0.39, 0.29) is 21.9 Å². The largest absolute Gasteiger partial charge is 0.493 e. The zero-order chi connectivity index (χ0) is 16.1. The lowest BCUT2D eigenvalue weighted by Crippen LogP contribution is -2.51. The molecule has 3 heterocycles. The van der Waals surface area contributed by atoms with Crippen molar-refractivity contribution >= 4 is 28.3 Å². The van der Waals surface area contributed by atoms with Gasteiger partial charge in [-0.1, -0.05) is 0 Å². The average molecular weight is 341 g/mol. The fourth-order valence-electron chi connectivity index (χ4n) is 3.57. The fourth-order valence-corrected chi connectivity index (χ4v) is 3.73. The first-order valence-electron chi connectivity index (χ1n) is 7.47. The molecule has 23 heavy (non-hydrogen) atoms. The van der Waals surface area contributed by atoms with Crippen LogP contribution >= 0.6 is 11.6 Å². The Kier molecular flexibility index (Phi) is 3.50. The highest BCUT2D eigenvalue weighted by atomic mass is 35.5. The highest BCUT2D eigenvalue weighted by Crippen LogP contribution is 2.38. The minimum Gasteiger partial charge on any atom is -0.493 e. The summed E-state index contributed by atoms with van der Waals surface area (Å²) in [6.45, 7) is 1.42. The van der Waals surface area contributed by atoms with E-state index in [0.29, 0.717) is 31.0 Å². The van der Waals surface area contributed by atoms with Crippen LogP contribution in [0.4, 0.5) is 14.6 Å². The summed E-state index contributed by atoms with van der Waals surface area (Å²) in [6.07, 6.45) is 2.16. The summed E-state index contributed by atoms with van der Waals surface area (Å²) in [7, 11) is 1.34. The first kappa shape index (κ1) is 14.8. The molecule has 8 heteroatoms. The molecule has 0 radical (unpaired) electrons. The molecule has 2 unspecified atom stereocenters. The third-order valence-electron chi connectivity index (χ3n) is 4.51. The Morgan fingerprint density at radius 2 is 1.91 bits per heavy atom. The van der Waals surface area contributed by atoms with Gasteiger partial charge in [0.1, 0.15) is 11.3 Å². The lowest BCUT2D eigenvalue weighted by Gasteiger charge is -2.34. The van der Waals surface area contributed by atoms with Gasteiger partial charge in [0.15, 0.2) is 17.4 Å². The van der Waals surface area contributed by atoms with Gasteiger partial charge in [-0.05, 0) is 24.4 Å². The van der Waals surface area contributed by atoms with Crippen molar-refractivity contribution < 1.29 is 13.5 Å². The molecule has 2 aromatic rings. The quantitative estimate of drug-likeness (QED) is 0.851. The minimum atomic E-state index is -0.776. The highest BCUT2D eigenvalue weighted by Gasteiger charge is 2.34. The fraction of sp³-hybridized carbons (Fsp3) is 0.467. The molecule has 1 aromatic carbocycles. The van der Waals surface area contributed by atoms with Gasteiger partial charge in [-0.15, -0.1) is 0 Å². The predicted octanol–water partition coefficient (Wildman–Crippen LogP) is 2.51. The standard InChI is InChI=1S/C15H15ClF2N4O/c1-23-13-10(18)4-9(17)12-11(13)14(21-15(16)20-12)22-5-7-2-3-8(6-22)19-7/h4,7-8,19H,2-3,5-6H2,1H3. The first-order chi connectivity index (χ1) is 11.1. The van der Waals surface area contributed by atoms with Crippen molar-refractivity contribution in [1.82, 2.24) is 15.3 Å². The van der Waals surface area contributed by atoms with Gasteiger partial charge in [-0.2, -0.15) is 4.98 Å². The minimum absolute atomic E-state index is 0.0240. The molecule has 5 nitrogen and oxygen atoms in total. The van der Waals surface area contributed by atoms with Crippen molar-refractivity contribution in [3.8, 4) is 5.75 Å². The van der Waals surface area contributed by atoms with Crippen LogP contribution in [0.3, 0.4) is 0 Å². The lowest BCUT2D eigenvalue weighted by atomic mass is 10.1. The van der Waals surface area contributed by atoms with Crippen LogP contribution in [0.25, 0.3) is 10.9 Å². The molecule has 0 amide bonds. The molecule has 2 fully saturated rings. The van der Waals surface area contributed by atoms with E-state index in [1.54, 1.807) is 0 Å². The summed E-state index contributed by atoms with van der Waals surface area (Å²) in [5.74, 6) is -1.18. The second kappa shape index (κ2) is 5.42. The Labute approximate surface area is 136 Å². The van der Waals surface area contributed by atoms with Crippen LogP contribution in [0.2, 0.25) is 5.28 Å². The molecule has 2 aliphatic heterocycles. The number of halogens is 3. The SMILES string of the molecule is COc1c(F)cc(F)c2nc(Cl)nc(N3CC4CCC(C3)N4)c12. The zero-order valence-electron chi connectivity index (χ0n) is 12.4. The van der Waals surface area contributed by atoms with Gasteiger partial charge in [0, 0.05) is 31.2 Å². The molecule has 0 saturated carbocycles. The lowest BCUT2D eigenvalue weighted by molar-refractivity contribution is 0.389. The average Bonchev–Trinajstić information content (AvgIpc) is 2.86. The third-order valence-corrected chi connectivity index (χ3v) is 4.68. The van der Waals surface area contributed by atoms with Gasteiger partial charge in [0.05, 0.1) is 12.5 Å². The van der Waals surface area contributed by atoms with E-state index >= 15 is 0 Å². The van der Waals surface area contributed by atoms with Crippen molar-refractivity contribution in [2.24, 2.45) is 0 Å². The van der Waals surface area contributed by atoms with Crippen LogP contribution in [0, 0.1) is 11.6 Å². The molecular formula is C15H15ClF2N4O. The number of hydrogen-bond acceptors (Lipinski definition) is 5. The first-order valence-corrected chi connectivity index (χ1v) is 7.85. The molecule has 1 N–H and O–H groups in total. The molecule has 4 rings (SSSR count). The summed E-state index contributed by atoms with van der Waals surface area (Å²) < 4.78 is 33.4. The normalized spacial score (nSPS) is 23.6. The maximum atomic E-state index is 14.2. The number of rotatable bonds is 2. The number of hydrogen-bond donors (Lipinski definition) is 1.